The standard InChI is InChI=1S/C32H49NO3Si/c1-7-14-30(24(2)33-25(3)35)31(27-20-19-26(21-27)22-34)23-36-37(32(4,5)6,28-15-10-8-11-16-28)29-17-12-9-13-18-29/h8-13,15-18,24,26-27,30-31,34H,7,14,19-23H2,1-6H3,(H,33,35)/t24?,26?,27?,30-,31-/m1/s1. The Morgan fingerprint density at radius 3 is 2.05 bits per heavy atom. The maximum atomic E-state index is 12.1. The zero-order chi connectivity index (χ0) is 27.1. The van der Waals surface area contributed by atoms with Crippen LogP contribution in [0.15, 0.2) is 60.7 Å². The number of aliphatic hydroxyl groups excluding tert-OH is 1. The maximum absolute atomic E-state index is 12.1. The highest BCUT2D eigenvalue weighted by Gasteiger charge is 2.51. The fourth-order valence-corrected chi connectivity index (χ4v) is 11.5. The van der Waals surface area contributed by atoms with Gasteiger partial charge in [0, 0.05) is 26.2 Å². The average Bonchev–Trinajstić information content (AvgIpc) is 3.35. The molecule has 3 rings (SSSR count). The van der Waals surface area contributed by atoms with Crippen molar-refractivity contribution in [3.8, 4) is 0 Å². The molecule has 0 saturated heterocycles. The Balaban J connectivity index is 2.06. The summed E-state index contributed by atoms with van der Waals surface area (Å²) in [4.78, 5) is 12.1. The Kier molecular flexibility index (Phi) is 10.6. The van der Waals surface area contributed by atoms with E-state index in [-0.39, 0.29) is 23.6 Å². The minimum absolute atomic E-state index is 0.0277. The van der Waals surface area contributed by atoms with Crippen LogP contribution in [0.3, 0.4) is 0 Å². The minimum atomic E-state index is -2.66. The van der Waals surface area contributed by atoms with Crippen LogP contribution < -0.4 is 15.7 Å². The zero-order valence-electron chi connectivity index (χ0n) is 23.9. The lowest BCUT2D eigenvalue weighted by molar-refractivity contribution is -0.120. The first kappa shape index (κ1) is 29.6. The number of aliphatic hydroxyl groups is 1. The van der Waals surface area contributed by atoms with Crippen molar-refractivity contribution >= 4 is 24.6 Å². The highest BCUT2D eigenvalue weighted by Crippen LogP contribution is 2.43. The molecule has 0 radical (unpaired) electrons. The van der Waals surface area contributed by atoms with Gasteiger partial charge in [-0.15, -0.1) is 0 Å². The van der Waals surface area contributed by atoms with E-state index < -0.39 is 8.32 Å². The second kappa shape index (κ2) is 13.2. The molecule has 1 aliphatic carbocycles. The number of nitrogens with one attached hydrogen (secondary N) is 1. The fourth-order valence-electron chi connectivity index (χ4n) is 6.86. The number of hydrogen-bond donors (Lipinski definition) is 2. The lowest BCUT2D eigenvalue weighted by Gasteiger charge is -2.45. The monoisotopic (exact) mass is 523 g/mol. The second-order valence-electron chi connectivity index (χ2n) is 12.2. The van der Waals surface area contributed by atoms with E-state index in [1.54, 1.807) is 6.92 Å². The smallest absolute Gasteiger partial charge is 0.261 e. The summed E-state index contributed by atoms with van der Waals surface area (Å²) in [5.74, 6) is 1.54. The second-order valence-corrected chi connectivity index (χ2v) is 16.5. The van der Waals surface area contributed by atoms with Gasteiger partial charge >= 0.3 is 0 Å². The molecule has 0 aromatic heterocycles. The molecule has 3 unspecified atom stereocenters. The number of rotatable bonds is 12. The Morgan fingerprint density at radius 2 is 1.62 bits per heavy atom. The molecule has 0 spiro atoms. The molecule has 2 aromatic carbocycles. The summed E-state index contributed by atoms with van der Waals surface area (Å²) in [5, 5.41) is 15.7. The van der Waals surface area contributed by atoms with Crippen molar-refractivity contribution in [2.45, 2.75) is 84.7 Å². The lowest BCUT2D eigenvalue weighted by Crippen LogP contribution is -2.67. The number of carbonyl (C=O) groups excluding carboxylic acids is 1. The predicted octanol–water partition coefficient (Wildman–Crippen LogP) is 5.53. The van der Waals surface area contributed by atoms with Crippen LogP contribution in [0.1, 0.15) is 73.6 Å². The van der Waals surface area contributed by atoms with Gasteiger partial charge in [0.05, 0.1) is 0 Å². The first-order valence-electron chi connectivity index (χ1n) is 14.3. The van der Waals surface area contributed by atoms with Gasteiger partial charge in [-0.3, -0.25) is 4.79 Å². The van der Waals surface area contributed by atoms with Crippen LogP contribution in [0.4, 0.5) is 0 Å². The van der Waals surface area contributed by atoms with E-state index in [0.717, 1.165) is 32.1 Å². The summed E-state index contributed by atoms with van der Waals surface area (Å²) >= 11 is 0. The van der Waals surface area contributed by atoms with Gasteiger partial charge in [-0.2, -0.15) is 0 Å². The van der Waals surface area contributed by atoms with Crippen LogP contribution in [0, 0.1) is 23.7 Å². The van der Waals surface area contributed by atoms with E-state index in [0.29, 0.717) is 30.3 Å². The van der Waals surface area contributed by atoms with E-state index in [1.165, 1.54) is 10.4 Å². The van der Waals surface area contributed by atoms with Crippen LogP contribution in [-0.2, 0) is 9.22 Å². The van der Waals surface area contributed by atoms with E-state index in [1.807, 2.05) is 0 Å². The van der Waals surface area contributed by atoms with E-state index in [4.69, 9.17) is 4.43 Å². The van der Waals surface area contributed by atoms with Crippen LogP contribution in [0.25, 0.3) is 0 Å². The van der Waals surface area contributed by atoms with Gasteiger partial charge in [0.15, 0.2) is 0 Å². The summed E-state index contributed by atoms with van der Waals surface area (Å²) in [6, 6.07) is 21.8. The van der Waals surface area contributed by atoms with Gasteiger partial charge in [0.1, 0.15) is 0 Å². The van der Waals surface area contributed by atoms with Crippen molar-refractivity contribution in [3.63, 3.8) is 0 Å². The summed E-state index contributed by atoms with van der Waals surface area (Å²) in [6.45, 7) is 13.9. The van der Waals surface area contributed by atoms with E-state index >= 15 is 0 Å². The molecule has 1 aliphatic rings. The van der Waals surface area contributed by atoms with Crippen molar-refractivity contribution in [2.75, 3.05) is 13.2 Å². The molecule has 5 atom stereocenters. The van der Waals surface area contributed by atoms with Gasteiger partial charge in [-0.1, -0.05) is 94.8 Å². The van der Waals surface area contributed by atoms with Crippen molar-refractivity contribution in [3.05, 3.63) is 60.7 Å². The SMILES string of the molecule is CCC[C@H](C(C)NC(C)=O)[C@H](CO[Si](c1ccccc1)(c1ccccc1)C(C)(C)C)C1CCC(CO)C1. The van der Waals surface area contributed by atoms with Gasteiger partial charge in [-0.05, 0) is 71.7 Å². The molecule has 0 aliphatic heterocycles. The molecule has 5 heteroatoms. The zero-order valence-corrected chi connectivity index (χ0v) is 24.9. The number of hydrogen-bond acceptors (Lipinski definition) is 3. The van der Waals surface area contributed by atoms with Crippen molar-refractivity contribution in [2.24, 2.45) is 23.7 Å². The summed E-state index contributed by atoms with van der Waals surface area (Å²) in [7, 11) is -2.66. The Bertz CT molecular complexity index is 920. The van der Waals surface area contributed by atoms with Crippen LogP contribution in [-0.4, -0.2) is 38.6 Å². The number of amides is 1. The molecule has 204 valence electrons. The highest BCUT2D eigenvalue weighted by atomic mass is 28.4. The molecule has 37 heavy (non-hydrogen) atoms. The Morgan fingerprint density at radius 1 is 1.05 bits per heavy atom. The van der Waals surface area contributed by atoms with Crippen LogP contribution >= 0.6 is 0 Å². The van der Waals surface area contributed by atoms with Gasteiger partial charge in [-0.25, -0.2) is 0 Å². The summed E-state index contributed by atoms with van der Waals surface area (Å²) in [6.07, 6.45) is 5.35. The van der Waals surface area contributed by atoms with Crippen molar-refractivity contribution in [1.29, 1.82) is 0 Å². The molecule has 4 nitrogen and oxygen atoms in total. The quantitative estimate of drug-likeness (QED) is 0.360. The average molecular weight is 524 g/mol. The molecule has 1 saturated carbocycles. The largest absolute Gasteiger partial charge is 0.407 e. The molecule has 0 bridgehead atoms. The predicted molar refractivity (Wildman–Crippen MR) is 157 cm³/mol. The van der Waals surface area contributed by atoms with E-state index in [2.05, 4.69) is 101 Å². The summed E-state index contributed by atoms with van der Waals surface area (Å²) < 4.78 is 7.46. The third-order valence-corrected chi connectivity index (χ3v) is 13.6. The summed E-state index contributed by atoms with van der Waals surface area (Å²) in [5.41, 5.74) is 0. The first-order valence-corrected chi connectivity index (χ1v) is 16.2. The van der Waals surface area contributed by atoms with Gasteiger partial charge in [0.2, 0.25) is 5.91 Å². The van der Waals surface area contributed by atoms with Gasteiger partial charge < -0.3 is 14.8 Å². The number of carbonyl (C=O) groups is 1. The maximum Gasteiger partial charge on any atom is 0.261 e. The third kappa shape index (κ3) is 6.93. The van der Waals surface area contributed by atoms with Crippen LogP contribution in [0.2, 0.25) is 5.04 Å². The molecule has 2 N–H and O–H groups in total. The third-order valence-electron chi connectivity index (χ3n) is 8.60. The molecular formula is C32H49NO3Si. The Hall–Kier alpha value is -1.95. The van der Waals surface area contributed by atoms with Crippen molar-refractivity contribution in [1.82, 2.24) is 5.32 Å². The van der Waals surface area contributed by atoms with Crippen LogP contribution in [0.5, 0.6) is 0 Å². The first-order chi connectivity index (χ1) is 17.6. The van der Waals surface area contributed by atoms with Gasteiger partial charge in [0.25, 0.3) is 8.32 Å². The molecule has 0 heterocycles. The Labute approximate surface area is 226 Å². The molecule has 1 fully saturated rings. The minimum Gasteiger partial charge on any atom is -0.407 e. The topological polar surface area (TPSA) is 58.6 Å². The number of benzene rings is 2. The van der Waals surface area contributed by atoms with Crippen molar-refractivity contribution < 1.29 is 14.3 Å². The molecule has 2 aromatic rings. The van der Waals surface area contributed by atoms with E-state index in [9.17, 15) is 9.90 Å². The lowest BCUT2D eigenvalue weighted by atomic mass is 9.75. The fraction of sp³-hybridized carbons (Fsp3) is 0.594. The highest BCUT2D eigenvalue weighted by molar-refractivity contribution is 6.99. The molecule has 1 amide bonds. The molecular weight excluding hydrogens is 474 g/mol. The normalized spacial score (nSPS) is 20.8.